The van der Waals surface area contributed by atoms with Crippen molar-refractivity contribution < 1.29 is 23.9 Å². The Morgan fingerprint density at radius 3 is 2.17 bits per heavy atom. The van der Waals surface area contributed by atoms with Crippen molar-refractivity contribution in [1.82, 2.24) is 4.90 Å². The van der Waals surface area contributed by atoms with Gasteiger partial charge in [-0.2, -0.15) is 0 Å². The summed E-state index contributed by atoms with van der Waals surface area (Å²) in [6, 6.07) is 4.36. The molecule has 3 fully saturated rings. The van der Waals surface area contributed by atoms with E-state index in [-0.39, 0.29) is 47.2 Å². The van der Waals surface area contributed by atoms with E-state index in [1.54, 1.807) is 26.0 Å². The van der Waals surface area contributed by atoms with Gasteiger partial charge < -0.3 is 4.74 Å². The van der Waals surface area contributed by atoms with Gasteiger partial charge in [0.05, 0.1) is 11.8 Å². The van der Waals surface area contributed by atoms with Crippen molar-refractivity contribution in [2.45, 2.75) is 53.0 Å². The van der Waals surface area contributed by atoms with Gasteiger partial charge >= 0.3 is 5.97 Å². The predicted molar refractivity (Wildman–Crippen MR) is 109 cm³/mol. The van der Waals surface area contributed by atoms with Gasteiger partial charge in [-0.05, 0) is 68.1 Å². The number of esters is 1. The molecular weight excluding hydrogens is 382 g/mol. The Labute approximate surface area is 177 Å². The lowest BCUT2D eigenvalue weighted by molar-refractivity contribution is -0.160. The third-order valence-corrected chi connectivity index (χ3v) is 7.29. The third kappa shape index (κ3) is 3.26. The second-order valence-electron chi connectivity index (χ2n) is 9.45. The largest absolute Gasteiger partial charge is 0.456 e. The van der Waals surface area contributed by atoms with E-state index in [2.05, 4.69) is 0 Å². The molecule has 4 rings (SSSR count). The Morgan fingerprint density at radius 2 is 1.63 bits per heavy atom. The number of Topliss-reactive ketones (excluding diaryl/α,β-unsaturated/α-hetero) is 1. The summed E-state index contributed by atoms with van der Waals surface area (Å²) in [5, 5.41) is 0. The molecular formula is C24H29NO5. The summed E-state index contributed by atoms with van der Waals surface area (Å²) in [7, 11) is 0. The number of amides is 2. The van der Waals surface area contributed by atoms with Crippen LogP contribution in [0.2, 0.25) is 0 Å². The van der Waals surface area contributed by atoms with Crippen molar-refractivity contribution in [3.8, 4) is 0 Å². The minimum absolute atomic E-state index is 0.228. The van der Waals surface area contributed by atoms with Crippen LogP contribution in [0.15, 0.2) is 18.2 Å². The number of ether oxygens (including phenoxy) is 1. The highest BCUT2D eigenvalue weighted by molar-refractivity contribution is 6.09. The highest BCUT2D eigenvalue weighted by Crippen LogP contribution is 2.56. The van der Waals surface area contributed by atoms with Gasteiger partial charge in [-0.3, -0.25) is 19.3 Å². The summed E-state index contributed by atoms with van der Waals surface area (Å²) in [6.07, 6.45) is 2.92. The van der Waals surface area contributed by atoms with E-state index < -0.39 is 18.6 Å². The molecule has 6 heteroatoms. The van der Waals surface area contributed by atoms with Crippen LogP contribution < -0.4 is 0 Å². The number of nitrogens with zero attached hydrogens (tertiary/aromatic N) is 1. The topological polar surface area (TPSA) is 80.8 Å². The number of hydrogen-bond acceptors (Lipinski definition) is 5. The number of carbonyl (C=O) groups excluding carboxylic acids is 4. The van der Waals surface area contributed by atoms with Crippen LogP contribution >= 0.6 is 0 Å². The molecule has 0 aromatic heterocycles. The summed E-state index contributed by atoms with van der Waals surface area (Å²) >= 11 is 0. The van der Waals surface area contributed by atoms with Gasteiger partial charge in [-0.25, -0.2) is 4.79 Å². The molecule has 3 aliphatic rings. The molecule has 0 N–H and O–H groups in total. The zero-order chi connectivity index (χ0) is 21.7. The van der Waals surface area contributed by atoms with Gasteiger partial charge in [-0.15, -0.1) is 0 Å². The van der Waals surface area contributed by atoms with Gasteiger partial charge in [0.15, 0.2) is 12.4 Å². The van der Waals surface area contributed by atoms with Crippen molar-refractivity contribution in [3.63, 3.8) is 0 Å². The van der Waals surface area contributed by atoms with E-state index in [4.69, 9.17) is 4.74 Å². The fourth-order valence-corrected chi connectivity index (χ4v) is 5.60. The normalized spacial score (nSPS) is 28.2. The van der Waals surface area contributed by atoms with Crippen LogP contribution in [-0.4, -0.2) is 41.1 Å². The van der Waals surface area contributed by atoms with Crippen molar-refractivity contribution in [1.29, 1.82) is 0 Å². The molecule has 1 aromatic carbocycles. The Balaban J connectivity index is 1.47. The molecule has 160 valence electrons. The standard InChI is InChI=1S/C24H29NO5/c1-12(2)21(24(29)30-11-18(26)15-6-5-13(3)14(4)9-15)25-22(27)19-16-7-8-17(10-16)20(19)23(25)28/h5-6,9,12,16-17,19-21H,7-8,10-11H2,1-4H3/t16-,17-,19-,20+,21-/m0/s1. The maximum absolute atomic E-state index is 13.1. The van der Waals surface area contributed by atoms with Crippen molar-refractivity contribution >= 4 is 23.6 Å². The molecule has 2 bridgehead atoms. The lowest BCUT2D eigenvalue weighted by Gasteiger charge is -2.28. The maximum Gasteiger partial charge on any atom is 0.330 e. The van der Waals surface area contributed by atoms with Crippen molar-refractivity contribution in [2.24, 2.45) is 29.6 Å². The second-order valence-corrected chi connectivity index (χ2v) is 9.45. The van der Waals surface area contributed by atoms with E-state index in [0.29, 0.717) is 5.56 Å². The zero-order valence-electron chi connectivity index (χ0n) is 18.0. The fourth-order valence-electron chi connectivity index (χ4n) is 5.60. The van der Waals surface area contributed by atoms with Crippen molar-refractivity contribution in [2.75, 3.05) is 6.61 Å². The summed E-state index contributed by atoms with van der Waals surface area (Å²) in [5.41, 5.74) is 2.54. The number of imide groups is 1. The highest BCUT2D eigenvalue weighted by Gasteiger charge is 2.62. The van der Waals surface area contributed by atoms with Crippen LogP contribution in [0.25, 0.3) is 0 Å². The van der Waals surface area contributed by atoms with E-state index >= 15 is 0 Å². The average molecular weight is 411 g/mol. The summed E-state index contributed by atoms with van der Waals surface area (Å²) < 4.78 is 5.32. The summed E-state index contributed by atoms with van der Waals surface area (Å²) in [5.74, 6) is -1.77. The average Bonchev–Trinajstić information content (AvgIpc) is 3.38. The van der Waals surface area contributed by atoms with Gasteiger partial charge in [0.2, 0.25) is 11.8 Å². The molecule has 1 saturated heterocycles. The molecule has 2 aliphatic carbocycles. The lowest BCUT2D eigenvalue weighted by Crippen LogP contribution is -2.50. The van der Waals surface area contributed by atoms with Crippen LogP contribution in [-0.2, 0) is 19.1 Å². The van der Waals surface area contributed by atoms with E-state index in [0.717, 1.165) is 35.3 Å². The third-order valence-electron chi connectivity index (χ3n) is 7.29. The number of ketones is 1. The number of benzene rings is 1. The first kappa shape index (κ1) is 20.8. The van der Waals surface area contributed by atoms with Crippen LogP contribution in [0.5, 0.6) is 0 Å². The minimum atomic E-state index is -0.984. The number of fused-ring (bicyclic) bond motifs is 5. The number of aryl methyl sites for hydroxylation is 2. The van der Waals surface area contributed by atoms with Gasteiger partial charge in [0.1, 0.15) is 6.04 Å². The summed E-state index contributed by atoms with van der Waals surface area (Å²) in [6.45, 7) is 7.06. The van der Waals surface area contributed by atoms with Gasteiger partial charge in [0.25, 0.3) is 0 Å². The predicted octanol–water partition coefficient (Wildman–Crippen LogP) is 3.09. The molecule has 0 radical (unpaired) electrons. The quantitative estimate of drug-likeness (QED) is 0.408. The van der Waals surface area contributed by atoms with Crippen molar-refractivity contribution in [3.05, 3.63) is 34.9 Å². The fraction of sp³-hybridized carbons (Fsp3) is 0.583. The Kier molecular flexibility index (Phi) is 5.28. The number of hydrogen-bond donors (Lipinski definition) is 0. The van der Waals surface area contributed by atoms with Crippen LogP contribution in [0.1, 0.15) is 54.6 Å². The number of likely N-dealkylation sites (tertiary alicyclic amines) is 1. The molecule has 1 heterocycles. The van der Waals surface area contributed by atoms with E-state index in [1.165, 1.54) is 0 Å². The van der Waals surface area contributed by atoms with E-state index in [1.807, 2.05) is 19.9 Å². The van der Waals surface area contributed by atoms with Gasteiger partial charge in [0, 0.05) is 5.56 Å². The van der Waals surface area contributed by atoms with Crippen LogP contribution in [0.4, 0.5) is 0 Å². The number of carbonyl (C=O) groups is 4. The summed E-state index contributed by atoms with van der Waals surface area (Å²) in [4.78, 5) is 52.7. The molecule has 30 heavy (non-hydrogen) atoms. The lowest BCUT2D eigenvalue weighted by atomic mass is 9.81. The molecule has 6 nitrogen and oxygen atoms in total. The molecule has 0 spiro atoms. The van der Waals surface area contributed by atoms with Crippen LogP contribution in [0.3, 0.4) is 0 Å². The van der Waals surface area contributed by atoms with E-state index in [9.17, 15) is 19.2 Å². The molecule has 1 aromatic rings. The molecule has 2 amide bonds. The molecule has 2 saturated carbocycles. The Hall–Kier alpha value is -2.50. The monoisotopic (exact) mass is 411 g/mol. The Morgan fingerprint density at radius 1 is 1.03 bits per heavy atom. The SMILES string of the molecule is Cc1ccc(C(=O)COC(=O)[C@H](C(C)C)N2C(=O)[C@@H]3[C@H]4CC[C@@H](C4)[C@@H]3C2=O)cc1C. The first-order chi connectivity index (χ1) is 14.2. The molecule has 1 aliphatic heterocycles. The van der Waals surface area contributed by atoms with Gasteiger partial charge in [-0.1, -0.05) is 26.0 Å². The van der Waals surface area contributed by atoms with Crippen LogP contribution in [0, 0.1) is 43.4 Å². The maximum atomic E-state index is 13.1. The second kappa shape index (κ2) is 7.64. The minimum Gasteiger partial charge on any atom is -0.456 e. The molecule has 0 unspecified atom stereocenters. The smallest absolute Gasteiger partial charge is 0.330 e. The highest BCUT2D eigenvalue weighted by atomic mass is 16.5. The first-order valence-corrected chi connectivity index (χ1v) is 10.8. The Bertz CT molecular complexity index is 892. The first-order valence-electron chi connectivity index (χ1n) is 10.8. The molecule has 5 atom stereocenters. The number of rotatable bonds is 6. The zero-order valence-corrected chi connectivity index (χ0v) is 18.0.